The average Bonchev–Trinajstić information content (AvgIpc) is 3.16. The Bertz CT molecular complexity index is 1360. The molecular weight excluding hydrogens is 420 g/mol. The van der Waals surface area contributed by atoms with Gasteiger partial charge < -0.3 is 19.8 Å². The Kier molecular flexibility index (Phi) is 6.63. The monoisotopic (exact) mass is 448 g/mol. The van der Waals surface area contributed by atoms with Gasteiger partial charge >= 0.3 is 0 Å². The Balaban J connectivity index is 1.41. The van der Waals surface area contributed by atoms with Crippen LogP contribution in [0, 0.1) is 6.92 Å². The van der Waals surface area contributed by atoms with Gasteiger partial charge in [0, 0.05) is 22.8 Å². The van der Waals surface area contributed by atoms with Crippen molar-refractivity contribution in [2.75, 3.05) is 19.8 Å². The molecule has 0 unspecified atom stereocenters. The van der Waals surface area contributed by atoms with Crippen LogP contribution in [0.25, 0.3) is 21.8 Å². The number of hydrogen-bond donors (Lipinski definition) is 2. The molecule has 172 valence electrons. The van der Waals surface area contributed by atoms with Crippen LogP contribution in [0.3, 0.4) is 0 Å². The predicted molar refractivity (Wildman–Crippen MR) is 128 cm³/mol. The molecule has 0 saturated heterocycles. The number of carbonyl (C=O) groups excluding carboxylic acids is 1. The maximum Gasteiger partial charge on any atom is 0.291 e. The third-order valence-electron chi connectivity index (χ3n) is 5.41. The smallest absolute Gasteiger partial charge is 0.291 e. The molecule has 2 aromatic carbocycles. The van der Waals surface area contributed by atoms with Crippen LogP contribution >= 0.6 is 0 Å². The summed E-state index contributed by atoms with van der Waals surface area (Å²) in [5.41, 5.74) is 3.14. The minimum Gasteiger partial charge on any atom is -0.490 e. The summed E-state index contributed by atoms with van der Waals surface area (Å²) < 4.78 is 12.4. The number of aromatic amines is 1. The second kappa shape index (κ2) is 9.77. The number of nitrogens with zero attached hydrogens (tertiary/aromatic N) is 2. The molecular formula is C25H28N4O4. The summed E-state index contributed by atoms with van der Waals surface area (Å²) in [6, 6.07) is 11.7. The number of carbonyl (C=O) groups is 1. The Morgan fingerprint density at radius 1 is 1.06 bits per heavy atom. The predicted octanol–water partition coefficient (Wildman–Crippen LogP) is 3.34. The molecule has 0 aliphatic rings. The molecule has 4 rings (SSSR count). The molecule has 1 amide bonds. The molecule has 0 saturated carbocycles. The average molecular weight is 449 g/mol. The molecule has 0 bridgehead atoms. The molecule has 0 fully saturated rings. The molecule has 0 atom stereocenters. The third kappa shape index (κ3) is 4.84. The fourth-order valence-corrected chi connectivity index (χ4v) is 3.84. The summed E-state index contributed by atoms with van der Waals surface area (Å²) in [6.07, 6.45) is 2.26. The maximum atomic E-state index is 12.9. The highest BCUT2D eigenvalue weighted by Gasteiger charge is 2.13. The fraction of sp³-hybridized carbons (Fsp3) is 0.320. The number of hydrogen-bond acceptors (Lipinski definition) is 5. The minimum atomic E-state index is -0.315. The summed E-state index contributed by atoms with van der Waals surface area (Å²) in [5, 5.41) is 8.79. The van der Waals surface area contributed by atoms with Crippen molar-refractivity contribution in [2.45, 2.75) is 33.7 Å². The molecule has 2 aromatic heterocycles. The number of ether oxygens (including phenoxy) is 2. The number of benzene rings is 2. The van der Waals surface area contributed by atoms with Crippen LogP contribution in [0.5, 0.6) is 11.5 Å². The zero-order valence-electron chi connectivity index (χ0n) is 19.1. The molecule has 2 heterocycles. The normalized spacial score (nSPS) is 11.1. The highest BCUT2D eigenvalue weighted by Crippen LogP contribution is 2.28. The van der Waals surface area contributed by atoms with Crippen molar-refractivity contribution >= 4 is 27.7 Å². The van der Waals surface area contributed by atoms with Gasteiger partial charge in [-0.05, 0) is 57.0 Å². The van der Waals surface area contributed by atoms with Gasteiger partial charge in [-0.15, -0.1) is 0 Å². The van der Waals surface area contributed by atoms with E-state index in [1.807, 2.05) is 57.2 Å². The van der Waals surface area contributed by atoms with Crippen LogP contribution in [-0.2, 0) is 17.8 Å². The van der Waals surface area contributed by atoms with Gasteiger partial charge in [-0.1, -0.05) is 17.7 Å². The van der Waals surface area contributed by atoms with Crippen molar-refractivity contribution in [3.63, 3.8) is 0 Å². The Morgan fingerprint density at radius 2 is 1.85 bits per heavy atom. The van der Waals surface area contributed by atoms with Gasteiger partial charge in [0.25, 0.3) is 5.56 Å². The van der Waals surface area contributed by atoms with Crippen LogP contribution in [0.4, 0.5) is 0 Å². The summed E-state index contributed by atoms with van der Waals surface area (Å²) in [4.78, 5) is 28.5. The number of aromatic nitrogens is 3. The van der Waals surface area contributed by atoms with Gasteiger partial charge in [0.2, 0.25) is 5.91 Å². The Morgan fingerprint density at radius 3 is 2.64 bits per heavy atom. The standard InChI is InChI=1S/C25H28N4O4/c1-4-32-21-9-7-17(13-22(21)33-5-2)10-11-26-23(30)15-29-25(31)24-19(14-27-29)18-12-16(3)6-8-20(18)28-24/h6-9,12-14,28H,4-5,10-11,15H2,1-3H3,(H,26,30). The number of rotatable bonds is 9. The highest BCUT2D eigenvalue weighted by molar-refractivity contribution is 6.06. The lowest BCUT2D eigenvalue weighted by Gasteiger charge is -2.12. The quantitative estimate of drug-likeness (QED) is 0.409. The van der Waals surface area contributed by atoms with Crippen molar-refractivity contribution in [3.05, 3.63) is 64.1 Å². The molecule has 0 aliphatic heterocycles. The van der Waals surface area contributed by atoms with Crippen molar-refractivity contribution < 1.29 is 14.3 Å². The zero-order chi connectivity index (χ0) is 23.4. The Hall–Kier alpha value is -3.81. The van der Waals surface area contributed by atoms with E-state index >= 15 is 0 Å². The highest BCUT2D eigenvalue weighted by atomic mass is 16.5. The van der Waals surface area contributed by atoms with Crippen LogP contribution < -0.4 is 20.3 Å². The largest absolute Gasteiger partial charge is 0.490 e. The van der Waals surface area contributed by atoms with Crippen LogP contribution in [0.2, 0.25) is 0 Å². The van der Waals surface area contributed by atoms with E-state index in [0.29, 0.717) is 43.2 Å². The van der Waals surface area contributed by atoms with Gasteiger partial charge in [0.1, 0.15) is 12.1 Å². The third-order valence-corrected chi connectivity index (χ3v) is 5.41. The van der Waals surface area contributed by atoms with Gasteiger partial charge in [-0.3, -0.25) is 9.59 Å². The van der Waals surface area contributed by atoms with E-state index in [1.54, 1.807) is 6.20 Å². The van der Waals surface area contributed by atoms with Crippen molar-refractivity contribution in [3.8, 4) is 11.5 Å². The number of amides is 1. The van der Waals surface area contributed by atoms with Crippen LogP contribution in [-0.4, -0.2) is 40.4 Å². The SMILES string of the molecule is CCOc1ccc(CCNC(=O)Cn2ncc3c([nH]c4ccc(C)cc43)c2=O)cc1OCC. The minimum absolute atomic E-state index is 0.142. The second-order valence-corrected chi connectivity index (χ2v) is 7.82. The molecule has 33 heavy (non-hydrogen) atoms. The molecule has 0 radical (unpaired) electrons. The first-order valence-corrected chi connectivity index (χ1v) is 11.1. The number of nitrogens with one attached hydrogen (secondary N) is 2. The molecule has 4 aromatic rings. The summed E-state index contributed by atoms with van der Waals surface area (Å²) in [7, 11) is 0. The van der Waals surface area contributed by atoms with E-state index in [4.69, 9.17) is 9.47 Å². The van der Waals surface area contributed by atoms with Gasteiger partial charge in [0.05, 0.1) is 19.4 Å². The number of fused-ring (bicyclic) bond motifs is 3. The number of aryl methyl sites for hydroxylation is 1. The van der Waals surface area contributed by atoms with Crippen LogP contribution in [0.1, 0.15) is 25.0 Å². The fourth-order valence-electron chi connectivity index (χ4n) is 3.84. The molecule has 0 spiro atoms. The van der Waals surface area contributed by atoms with Gasteiger partial charge in [0.15, 0.2) is 11.5 Å². The van der Waals surface area contributed by atoms with Crippen molar-refractivity contribution in [1.82, 2.24) is 20.1 Å². The van der Waals surface area contributed by atoms with Crippen molar-refractivity contribution in [2.24, 2.45) is 0 Å². The molecule has 2 N–H and O–H groups in total. The summed E-state index contributed by atoms with van der Waals surface area (Å²) in [6.45, 7) is 7.25. The van der Waals surface area contributed by atoms with E-state index in [-0.39, 0.29) is 18.0 Å². The van der Waals surface area contributed by atoms with E-state index in [9.17, 15) is 9.59 Å². The lowest BCUT2D eigenvalue weighted by Crippen LogP contribution is -2.34. The number of H-pyrrole nitrogens is 1. The van der Waals surface area contributed by atoms with E-state index in [1.165, 1.54) is 4.68 Å². The molecule has 0 aliphatic carbocycles. The lowest BCUT2D eigenvalue weighted by atomic mass is 10.1. The van der Waals surface area contributed by atoms with E-state index in [2.05, 4.69) is 15.4 Å². The lowest BCUT2D eigenvalue weighted by molar-refractivity contribution is -0.121. The first kappa shape index (κ1) is 22.4. The Labute approximate surface area is 191 Å². The summed E-state index contributed by atoms with van der Waals surface area (Å²) in [5.74, 6) is 1.13. The first-order chi connectivity index (χ1) is 16.0. The topological polar surface area (TPSA) is 98.2 Å². The van der Waals surface area contributed by atoms with Crippen LogP contribution in [0.15, 0.2) is 47.4 Å². The zero-order valence-corrected chi connectivity index (χ0v) is 19.1. The molecule has 8 heteroatoms. The van der Waals surface area contributed by atoms with Gasteiger partial charge in [-0.2, -0.15) is 5.10 Å². The maximum absolute atomic E-state index is 12.9. The van der Waals surface area contributed by atoms with E-state index < -0.39 is 0 Å². The summed E-state index contributed by atoms with van der Waals surface area (Å²) >= 11 is 0. The first-order valence-electron chi connectivity index (χ1n) is 11.1. The molecule has 8 nitrogen and oxygen atoms in total. The second-order valence-electron chi connectivity index (χ2n) is 7.82. The van der Waals surface area contributed by atoms with E-state index in [0.717, 1.165) is 27.4 Å². The van der Waals surface area contributed by atoms with Gasteiger partial charge in [-0.25, -0.2) is 4.68 Å². The van der Waals surface area contributed by atoms with Crippen molar-refractivity contribution in [1.29, 1.82) is 0 Å².